The molecule has 0 amide bonds. The maximum atomic E-state index is 6.44. The SMILES string of the molecule is Cc1cc(C)cc(CN(Cc2cc(C)cc(C)c2)[C@H]2CCCC[C@@H]2CO[Si](C)(C)C)c1. The first-order valence-electron chi connectivity index (χ1n) is 12.1. The predicted octanol–water partition coefficient (Wildman–Crippen LogP) is 7.33. The minimum atomic E-state index is -1.50. The maximum absolute atomic E-state index is 6.44. The van der Waals surface area contributed by atoms with Crippen molar-refractivity contribution in [2.75, 3.05) is 6.61 Å². The molecule has 0 heterocycles. The van der Waals surface area contributed by atoms with Crippen LogP contribution in [0.2, 0.25) is 19.6 Å². The van der Waals surface area contributed by atoms with Gasteiger partial charge in [0.1, 0.15) is 0 Å². The van der Waals surface area contributed by atoms with Gasteiger partial charge in [0.05, 0.1) is 0 Å². The van der Waals surface area contributed by atoms with E-state index < -0.39 is 8.32 Å². The maximum Gasteiger partial charge on any atom is 0.183 e. The fourth-order valence-electron chi connectivity index (χ4n) is 5.30. The number of hydrogen-bond acceptors (Lipinski definition) is 2. The van der Waals surface area contributed by atoms with Gasteiger partial charge in [-0.05, 0) is 77.2 Å². The molecule has 3 rings (SSSR count). The first kappa shape index (κ1) is 24.2. The summed E-state index contributed by atoms with van der Waals surface area (Å²) in [5, 5.41) is 0. The number of nitrogens with zero attached hydrogens (tertiary/aromatic N) is 1. The summed E-state index contributed by atoms with van der Waals surface area (Å²) in [6.45, 7) is 18.8. The summed E-state index contributed by atoms with van der Waals surface area (Å²) in [5.41, 5.74) is 8.34. The third-order valence-electron chi connectivity index (χ3n) is 6.40. The van der Waals surface area contributed by atoms with E-state index >= 15 is 0 Å². The van der Waals surface area contributed by atoms with Gasteiger partial charge < -0.3 is 4.43 Å². The Kier molecular flexibility index (Phi) is 8.18. The molecule has 1 aliphatic carbocycles. The Morgan fingerprint density at radius 3 is 1.65 bits per heavy atom. The average Bonchev–Trinajstić information content (AvgIpc) is 2.64. The minimum absolute atomic E-state index is 0.590. The smallest absolute Gasteiger partial charge is 0.183 e. The summed E-state index contributed by atoms with van der Waals surface area (Å²) >= 11 is 0. The molecule has 31 heavy (non-hydrogen) atoms. The second kappa shape index (κ2) is 10.5. The second-order valence-electron chi connectivity index (χ2n) is 10.9. The summed E-state index contributed by atoms with van der Waals surface area (Å²) < 4.78 is 6.44. The lowest BCUT2D eigenvalue weighted by molar-refractivity contribution is 0.0593. The highest BCUT2D eigenvalue weighted by Crippen LogP contribution is 2.32. The lowest BCUT2D eigenvalue weighted by atomic mass is 9.83. The van der Waals surface area contributed by atoms with Crippen LogP contribution >= 0.6 is 0 Å². The van der Waals surface area contributed by atoms with Crippen LogP contribution in [0.5, 0.6) is 0 Å². The number of aryl methyl sites for hydroxylation is 4. The van der Waals surface area contributed by atoms with Crippen molar-refractivity contribution in [2.24, 2.45) is 5.92 Å². The Hall–Kier alpha value is -1.42. The molecule has 2 aromatic carbocycles. The summed E-state index contributed by atoms with van der Waals surface area (Å²) in [7, 11) is -1.50. The molecule has 0 N–H and O–H groups in total. The Morgan fingerprint density at radius 1 is 0.742 bits per heavy atom. The molecule has 170 valence electrons. The number of benzene rings is 2. The van der Waals surface area contributed by atoms with Gasteiger partial charge in [-0.2, -0.15) is 0 Å². The van der Waals surface area contributed by atoms with E-state index in [2.05, 4.69) is 88.6 Å². The van der Waals surface area contributed by atoms with Crippen molar-refractivity contribution in [3.63, 3.8) is 0 Å². The van der Waals surface area contributed by atoms with Gasteiger partial charge >= 0.3 is 0 Å². The van der Waals surface area contributed by atoms with Crippen LogP contribution in [0.15, 0.2) is 36.4 Å². The van der Waals surface area contributed by atoms with Crippen molar-refractivity contribution >= 4 is 8.32 Å². The van der Waals surface area contributed by atoms with Crippen molar-refractivity contribution in [1.29, 1.82) is 0 Å². The van der Waals surface area contributed by atoms with Crippen LogP contribution in [-0.4, -0.2) is 25.9 Å². The topological polar surface area (TPSA) is 12.5 Å². The summed E-state index contributed by atoms with van der Waals surface area (Å²) in [4.78, 5) is 2.76. The quantitative estimate of drug-likeness (QED) is 0.401. The lowest BCUT2D eigenvalue weighted by Crippen LogP contribution is -2.44. The van der Waals surface area contributed by atoms with Crippen LogP contribution in [0.25, 0.3) is 0 Å². The van der Waals surface area contributed by atoms with Gasteiger partial charge in [-0.1, -0.05) is 71.5 Å². The van der Waals surface area contributed by atoms with Gasteiger partial charge in [0.2, 0.25) is 0 Å². The molecule has 2 aromatic rings. The average molecular weight is 438 g/mol. The van der Waals surface area contributed by atoms with Gasteiger partial charge in [0.25, 0.3) is 0 Å². The van der Waals surface area contributed by atoms with E-state index in [1.54, 1.807) is 0 Å². The zero-order valence-electron chi connectivity index (χ0n) is 20.9. The van der Waals surface area contributed by atoms with Crippen LogP contribution < -0.4 is 0 Å². The fourth-order valence-corrected chi connectivity index (χ4v) is 6.01. The highest BCUT2D eigenvalue weighted by Gasteiger charge is 2.32. The molecule has 0 saturated heterocycles. The highest BCUT2D eigenvalue weighted by molar-refractivity contribution is 6.69. The van der Waals surface area contributed by atoms with E-state index in [9.17, 15) is 0 Å². The van der Waals surface area contributed by atoms with Gasteiger partial charge in [0.15, 0.2) is 8.32 Å². The summed E-state index contributed by atoms with van der Waals surface area (Å²) in [6.07, 6.45) is 5.27. The largest absolute Gasteiger partial charge is 0.417 e. The van der Waals surface area contributed by atoms with E-state index in [0.717, 1.165) is 19.7 Å². The molecule has 0 unspecified atom stereocenters. The fraction of sp³-hybridized carbons (Fsp3) is 0.571. The van der Waals surface area contributed by atoms with Crippen molar-refractivity contribution in [3.05, 3.63) is 69.8 Å². The van der Waals surface area contributed by atoms with E-state index in [1.165, 1.54) is 59.1 Å². The molecule has 2 nitrogen and oxygen atoms in total. The zero-order valence-corrected chi connectivity index (χ0v) is 21.9. The van der Waals surface area contributed by atoms with Crippen molar-refractivity contribution in [3.8, 4) is 0 Å². The Balaban J connectivity index is 1.88. The molecule has 0 bridgehead atoms. The third-order valence-corrected chi connectivity index (χ3v) is 7.44. The normalized spacial score (nSPS) is 19.7. The van der Waals surface area contributed by atoms with E-state index in [0.29, 0.717) is 12.0 Å². The first-order valence-corrected chi connectivity index (χ1v) is 15.5. The molecule has 0 aliphatic heterocycles. The summed E-state index contributed by atoms with van der Waals surface area (Å²) in [5.74, 6) is 0.636. The number of hydrogen-bond donors (Lipinski definition) is 0. The Morgan fingerprint density at radius 2 is 1.19 bits per heavy atom. The van der Waals surface area contributed by atoms with Crippen LogP contribution in [0.4, 0.5) is 0 Å². The molecular formula is C28H43NOSi. The van der Waals surface area contributed by atoms with E-state index in [4.69, 9.17) is 4.43 Å². The van der Waals surface area contributed by atoms with Crippen molar-refractivity contribution in [2.45, 2.75) is 92.2 Å². The van der Waals surface area contributed by atoms with Gasteiger partial charge in [-0.3, -0.25) is 4.90 Å². The van der Waals surface area contributed by atoms with Crippen LogP contribution in [0.3, 0.4) is 0 Å². The lowest BCUT2D eigenvalue weighted by Gasteiger charge is -2.41. The first-order chi connectivity index (χ1) is 14.6. The van der Waals surface area contributed by atoms with Gasteiger partial charge in [-0.25, -0.2) is 0 Å². The van der Waals surface area contributed by atoms with Crippen molar-refractivity contribution < 1.29 is 4.43 Å². The van der Waals surface area contributed by atoms with E-state index in [1.807, 2.05) is 0 Å². The van der Waals surface area contributed by atoms with Gasteiger partial charge in [-0.15, -0.1) is 0 Å². The Labute approximate surface area is 192 Å². The summed E-state index contributed by atoms with van der Waals surface area (Å²) in [6, 6.07) is 14.6. The molecule has 2 atom stereocenters. The van der Waals surface area contributed by atoms with Crippen molar-refractivity contribution in [1.82, 2.24) is 4.90 Å². The van der Waals surface area contributed by atoms with Crippen LogP contribution in [0, 0.1) is 33.6 Å². The highest BCUT2D eigenvalue weighted by atomic mass is 28.4. The molecule has 1 aliphatic rings. The molecule has 0 radical (unpaired) electrons. The molecule has 1 saturated carbocycles. The van der Waals surface area contributed by atoms with Crippen LogP contribution in [-0.2, 0) is 17.5 Å². The molecule has 3 heteroatoms. The predicted molar refractivity (Wildman–Crippen MR) is 136 cm³/mol. The molecule has 1 fully saturated rings. The Bertz CT molecular complexity index is 776. The standard InChI is InChI=1S/C28H43NOSi/c1-21-12-22(2)15-25(14-21)18-29(19-26-16-23(3)13-24(4)17-26)28-11-9-8-10-27(28)20-30-31(5,6)7/h12-17,27-28H,8-11,18-20H2,1-7H3/t27-,28+/m1/s1. The zero-order chi connectivity index (χ0) is 22.6. The molecule has 0 spiro atoms. The second-order valence-corrected chi connectivity index (χ2v) is 15.4. The molecular weight excluding hydrogens is 394 g/mol. The van der Waals surface area contributed by atoms with E-state index in [-0.39, 0.29) is 0 Å². The molecule has 0 aromatic heterocycles. The minimum Gasteiger partial charge on any atom is -0.417 e. The monoisotopic (exact) mass is 437 g/mol. The number of rotatable bonds is 8. The van der Waals surface area contributed by atoms with Gasteiger partial charge in [0, 0.05) is 25.7 Å². The third kappa shape index (κ3) is 7.59. The van der Waals surface area contributed by atoms with Crippen LogP contribution in [0.1, 0.15) is 59.1 Å².